The van der Waals surface area contributed by atoms with Crippen LogP contribution in [-0.2, 0) is 6.54 Å². The van der Waals surface area contributed by atoms with Gasteiger partial charge in [-0.1, -0.05) is 68.3 Å². The van der Waals surface area contributed by atoms with Crippen molar-refractivity contribution in [1.29, 1.82) is 0 Å². The van der Waals surface area contributed by atoms with E-state index >= 15 is 0 Å². The van der Waals surface area contributed by atoms with Crippen LogP contribution in [0.3, 0.4) is 0 Å². The highest BCUT2D eigenvalue weighted by atomic mass is 32.2. The molecule has 2 aromatic heterocycles. The minimum Gasteiger partial charge on any atom is -0.311 e. The molecule has 1 aromatic carbocycles. The molecule has 0 saturated heterocycles. The predicted molar refractivity (Wildman–Crippen MR) is 98.6 cm³/mol. The standard InChI is InChI=1S/C18H22N4OS/c1-2-3-4-8-11-24-18-21-15-16(19-13-20-17(15)23)22(18)12-14-9-6-5-7-10-14/h5-7,9-10,13H,2-4,8,11-12H2,1H3,(H,19,20,23). The number of rotatable bonds is 8. The molecule has 0 unspecified atom stereocenters. The fraction of sp³-hybridized carbons (Fsp3) is 0.389. The maximum atomic E-state index is 12.0. The van der Waals surface area contributed by atoms with E-state index in [4.69, 9.17) is 0 Å². The predicted octanol–water partition coefficient (Wildman–Crippen LogP) is 3.84. The quantitative estimate of drug-likeness (QED) is 0.499. The van der Waals surface area contributed by atoms with Crippen LogP contribution in [0.25, 0.3) is 11.2 Å². The summed E-state index contributed by atoms with van der Waals surface area (Å²) in [6.45, 7) is 2.88. The first kappa shape index (κ1) is 16.8. The van der Waals surface area contributed by atoms with Crippen molar-refractivity contribution in [3.05, 3.63) is 52.6 Å². The summed E-state index contributed by atoms with van der Waals surface area (Å²) < 4.78 is 2.05. The highest BCUT2D eigenvalue weighted by molar-refractivity contribution is 7.99. The first-order valence-electron chi connectivity index (χ1n) is 8.40. The van der Waals surface area contributed by atoms with Gasteiger partial charge in [-0.05, 0) is 12.0 Å². The fourth-order valence-corrected chi connectivity index (χ4v) is 3.63. The van der Waals surface area contributed by atoms with Crippen molar-refractivity contribution < 1.29 is 0 Å². The van der Waals surface area contributed by atoms with Crippen LogP contribution in [0.1, 0.15) is 38.2 Å². The molecule has 1 N–H and O–H groups in total. The van der Waals surface area contributed by atoms with E-state index in [1.807, 2.05) is 22.8 Å². The minimum atomic E-state index is -0.181. The number of imidazole rings is 1. The number of hydrogen-bond acceptors (Lipinski definition) is 4. The molecule has 0 spiro atoms. The van der Waals surface area contributed by atoms with Crippen molar-refractivity contribution in [2.45, 2.75) is 44.3 Å². The van der Waals surface area contributed by atoms with Gasteiger partial charge in [0.2, 0.25) is 0 Å². The molecule has 24 heavy (non-hydrogen) atoms. The number of nitrogens with zero attached hydrogens (tertiary/aromatic N) is 3. The Kier molecular flexibility index (Phi) is 5.69. The Labute approximate surface area is 145 Å². The molecule has 0 saturated carbocycles. The summed E-state index contributed by atoms with van der Waals surface area (Å²) in [5.41, 5.74) is 2.06. The van der Waals surface area contributed by atoms with Crippen molar-refractivity contribution >= 4 is 22.9 Å². The third-order valence-electron chi connectivity index (χ3n) is 3.92. The molecule has 6 heteroatoms. The lowest BCUT2D eigenvalue weighted by molar-refractivity contribution is 0.700. The SMILES string of the molecule is CCCCCCSc1nc2c(=O)[nH]cnc2n1Cc1ccccc1. The topological polar surface area (TPSA) is 63.6 Å². The van der Waals surface area contributed by atoms with Gasteiger partial charge in [0.1, 0.15) is 0 Å². The lowest BCUT2D eigenvalue weighted by atomic mass is 10.2. The van der Waals surface area contributed by atoms with E-state index in [0.29, 0.717) is 17.7 Å². The van der Waals surface area contributed by atoms with Crippen molar-refractivity contribution in [3.8, 4) is 0 Å². The third kappa shape index (κ3) is 3.87. The summed E-state index contributed by atoms with van der Waals surface area (Å²) in [6.07, 6.45) is 6.35. The summed E-state index contributed by atoms with van der Waals surface area (Å²) in [7, 11) is 0. The number of thioether (sulfide) groups is 1. The van der Waals surface area contributed by atoms with Gasteiger partial charge < -0.3 is 4.98 Å². The second-order valence-electron chi connectivity index (χ2n) is 5.78. The first-order chi connectivity index (χ1) is 11.8. The number of hydrogen-bond donors (Lipinski definition) is 1. The average molecular weight is 342 g/mol. The Hall–Kier alpha value is -2.08. The lowest BCUT2D eigenvalue weighted by Gasteiger charge is -2.08. The molecule has 3 aromatic rings. The van der Waals surface area contributed by atoms with Gasteiger partial charge in [0, 0.05) is 5.75 Å². The fourth-order valence-electron chi connectivity index (χ4n) is 2.64. The summed E-state index contributed by atoms with van der Waals surface area (Å²) in [6, 6.07) is 10.2. The monoisotopic (exact) mass is 342 g/mol. The molecule has 0 aliphatic rings. The molecule has 0 atom stereocenters. The molecule has 2 heterocycles. The van der Waals surface area contributed by atoms with Crippen LogP contribution in [0.5, 0.6) is 0 Å². The van der Waals surface area contributed by atoms with E-state index < -0.39 is 0 Å². The van der Waals surface area contributed by atoms with E-state index in [1.54, 1.807) is 11.8 Å². The number of aromatic amines is 1. The number of nitrogens with one attached hydrogen (secondary N) is 1. The van der Waals surface area contributed by atoms with Gasteiger partial charge in [0.05, 0.1) is 12.9 Å². The molecule has 0 bridgehead atoms. The van der Waals surface area contributed by atoms with Crippen molar-refractivity contribution in [3.63, 3.8) is 0 Å². The van der Waals surface area contributed by atoms with E-state index in [-0.39, 0.29) is 5.56 Å². The molecule has 0 amide bonds. The number of benzene rings is 1. The maximum Gasteiger partial charge on any atom is 0.278 e. The van der Waals surface area contributed by atoms with Crippen LogP contribution < -0.4 is 5.56 Å². The van der Waals surface area contributed by atoms with Crippen LogP contribution in [0.2, 0.25) is 0 Å². The lowest BCUT2D eigenvalue weighted by Crippen LogP contribution is -2.08. The normalized spacial score (nSPS) is 11.2. The van der Waals surface area contributed by atoms with Crippen LogP contribution in [0, 0.1) is 0 Å². The van der Waals surface area contributed by atoms with E-state index in [1.165, 1.54) is 31.2 Å². The summed E-state index contributed by atoms with van der Waals surface area (Å²) >= 11 is 1.71. The van der Waals surface area contributed by atoms with Crippen LogP contribution in [0.15, 0.2) is 46.6 Å². The second kappa shape index (κ2) is 8.15. The summed E-state index contributed by atoms with van der Waals surface area (Å²) in [5, 5.41) is 0.870. The Balaban J connectivity index is 1.87. The molecule has 0 aliphatic heterocycles. The van der Waals surface area contributed by atoms with Gasteiger partial charge in [0.25, 0.3) is 5.56 Å². The smallest absolute Gasteiger partial charge is 0.278 e. The number of unbranched alkanes of at least 4 members (excludes halogenated alkanes) is 3. The Morgan fingerprint density at radius 3 is 2.79 bits per heavy atom. The highest BCUT2D eigenvalue weighted by Gasteiger charge is 2.15. The van der Waals surface area contributed by atoms with E-state index in [0.717, 1.165) is 17.3 Å². The third-order valence-corrected chi connectivity index (χ3v) is 4.98. The minimum absolute atomic E-state index is 0.181. The molecular weight excluding hydrogens is 320 g/mol. The van der Waals surface area contributed by atoms with Crippen molar-refractivity contribution in [1.82, 2.24) is 19.5 Å². The van der Waals surface area contributed by atoms with Gasteiger partial charge in [-0.2, -0.15) is 0 Å². The Bertz CT molecular complexity index is 841. The second-order valence-corrected chi connectivity index (χ2v) is 6.84. The molecular formula is C18H22N4OS. The summed E-state index contributed by atoms with van der Waals surface area (Å²) in [5.74, 6) is 1.01. The van der Waals surface area contributed by atoms with Crippen molar-refractivity contribution in [2.24, 2.45) is 0 Å². The van der Waals surface area contributed by atoms with Gasteiger partial charge in [0.15, 0.2) is 16.3 Å². The zero-order chi connectivity index (χ0) is 16.8. The maximum absolute atomic E-state index is 12.0. The molecule has 126 valence electrons. The molecule has 0 fully saturated rings. The zero-order valence-electron chi connectivity index (χ0n) is 13.9. The van der Waals surface area contributed by atoms with Gasteiger partial charge in [-0.25, -0.2) is 9.97 Å². The van der Waals surface area contributed by atoms with Crippen molar-refractivity contribution in [2.75, 3.05) is 5.75 Å². The van der Waals surface area contributed by atoms with Gasteiger partial charge in [-0.15, -0.1) is 0 Å². The van der Waals surface area contributed by atoms with E-state index in [9.17, 15) is 4.79 Å². The molecule has 3 rings (SSSR count). The number of aromatic nitrogens is 4. The first-order valence-corrected chi connectivity index (χ1v) is 9.39. The van der Waals surface area contributed by atoms with Crippen LogP contribution >= 0.6 is 11.8 Å². The molecule has 5 nitrogen and oxygen atoms in total. The molecule has 0 radical (unpaired) electrons. The number of H-pyrrole nitrogens is 1. The average Bonchev–Trinajstić information content (AvgIpc) is 2.95. The largest absolute Gasteiger partial charge is 0.311 e. The summed E-state index contributed by atoms with van der Waals surface area (Å²) in [4.78, 5) is 23.5. The Morgan fingerprint density at radius 2 is 2.00 bits per heavy atom. The Morgan fingerprint density at radius 1 is 1.17 bits per heavy atom. The number of fused-ring (bicyclic) bond motifs is 1. The van der Waals surface area contributed by atoms with Gasteiger partial charge in [-0.3, -0.25) is 9.36 Å². The van der Waals surface area contributed by atoms with E-state index in [2.05, 4.69) is 34.0 Å². The zero-order valence-corrected chi connectivity index (χ0v) is 14.7. The van der Waals surface area contributed by atoms with Crippen LogP contribution in [0.4, 0.5) is 0 Å². The molecule has 0 aliphatic carbocycles. The highest BCUT2D eigenvalue weighted by Crippen LogP contribution is 2.23. The van der Waals surface area contributed by atoms with Gasteiger partial charge >= 0.3 is 0 Å². The van der Waals surface area contributed by atoms with Crippen LogP contribution in [-0.4, -0.2) is 25.3 Å².